The Kier molecular flexibility index (Phi) is 3.50. The third-order valence-corrected chi connectivity index (χ3v) is 5.07. The van der Waals surface area contributed by atoms with Gasteiger partial charge in [0.2, 0.25) is 5.71 Å². The predicted octanol–water partition coefficient (Wildman–Crippen LogP) is 5.10. The van der Waals surface area contributed by atoms with Gasteiger partial charge in [-0.25, -0.2) is 4.68 Å². The number of hydrogen-bond acceptors (Lipinski definition) is 2. The van der Waals surface area contributed by atoms with Crippen molar-refractivity contribution in [3.8, 4) is 11.1 Å². The maximum Gasteiger partial charge on any atom is 0.234 e. The lowest BCUT2D eigenvalue weighted by Crippen LogP contribution is -2.30. The molecule has 5 rings (SSSR count). The molecule has 2 aromatic carbocycles. The fourth-order valence-electron chi connectivity index (χ4n) is 3.93. The lowest BCUT2D eigenvalue weighted by Gasteiger charge is -2.21. The molecule has 0 aromatic heterocycles. The smallest absolute Gasteiger partial charge is 0.234 e. The molecule has 27 heavy (non-hydrogen) atoms. The fraction of sp³-hybridized carbons (Fsp3) is 0.0870. The summed E-state index contributed by atoms with van der Waals surface area (Å²) in [6.45, 7) is 4.01. The maximum absolute atomic E-state index is 4.53. The van der Waals surface area contributed by atoms with Crippen molar-refractivity contribution >= 4 is 22.7 Å². The molecule has 3 aliphatic rings. The van der Waals surface area contributed by atoms with Crippen LogP contribution in [-0.2, 0) is 0 Å². The van der Waals surface area contributed by atoms with Crippen LogP contribution in [0.5, 0.6) is 0 Å². The van der Waals surface area contributed by atoms with Gasteiger partial charge in [0, 0.05) is 11.6 Å². The van der Waals surface area contributed by atoms with E-state index in [0.717, 1.165) is 22.7 Å². The summed E-state index contributed by atoms with van der Waals surface area (Å²) < 4.78 is 1.89. The molecule has 2 heterocycles. The van der Waals surface area contributed by atoms with Crippen LogP contribution < -0.4 is 0 Å². The summed E-state index contributed by atoms with van der Waals surface area (Å²) >= 11 is 0. The van der Waals surface area contributed by atoms with Crippen molar-refractivity contribution < 1.29 is 4.68 Å². The van der Waals surface area contributed by atoms with Gasteiger partial charge in [0.25, 0.3) is 0 Å². The third kappa shape index (κ3) is 2.34. The van der Waals surface area contributed by atoms with E-state index in [0.29, 0.717) is 0 Å². The van der Waals surface area contributed by atoms with Crippen molar-refractivity contribution in [1.82, 2.24) is 0 Å². The molecule has 0 amide bonds. The fourth-order valence-corrected chi connectivity index (χ4v) is 3.93. The van der Waals surface area contributed by atoms with E-state index in [4.69, 9.17) is 0 Å². The van der Waals surface area contributed by atoms with E-state index < -0.39 is 0 Å². The second kappa shape index (κ2) is 6.02. The molecule has 0 bridgehead atoms. The van der Waals surface area contributed by atoms with Gasteiger partial charge in [0.15, 0.2) is 6.20 Å². The van der Waals surface area contributed by atoms with Crippen LogP contribution in [-0.4, -0.2) is 21.8 Å². The highest BCUT2D eigenvalue weighted by atomic mass is 15.4. The molecular weight excluding hydrogens is 332 g/mol. The first-order chi connectivity index (χ1) is 13.3. The van der Waals surface area contributed by atoms with Gasteiger partial charge in [0.05, 0.1) is 11.3 Å². The van der Waals surface area contributed by atoms with Gasteiger partial charge in [-0.2, -0.15) is 5.10 Å². The van der Waals surface area contributed by atoms with Crippen LogP contribution in [0.2, 0.25) is 0 Å². The molecule has 0 atom stereocenters. The highest BCUT2D eigenvalue weighted by Crippen LogP contribution is 2.46. The normalized spacial score (nSPS) is 20.1. The lowest BCUT2D eigenvalue weighted by molar-refractivity contribution is -0.394. The van der Waals surface area contributed by atoms with Gasteiger partial charge >= 0.3 is 0 Å². The number of rotatable bonds is 0. The van der Waals surface area contributed by atoms with Gasteiger partial charge in [-0.1, -0.05) is 54.6 Å². The largest absolute Gasteiger partial charge is 0.412 e. The Morgan fingerprint density at radius 2 is 1.30 bits per heavy atom. The van der Waals surface area contributed by atoms with Gasteiger partial charge in [-0.15, -0.1) is 11.3 Å². The van der Waals surface area contributed by atoms with E-state index >= 15 is 0 Å². The summed E-state index contributed by atoms with van der Waals surface area (Å²) in [6.07, 6.45) is 7.65. The second-order valence-corrected chi connectivity index (χ2v) is 6.70. The monoisotopic (exact) mass is 350 g/mol. The van der Waals surface area contributed by atoms with Gasteiger partial charge in [-0.05, 0) is 36.1 Å². The number of fused-ring (bicyclic) bond motifs is 3. The lowest BCUT2D eigenvalue weighted by atomic mass is 9.90. The minimum absolute atomic E-state index is 0.855. The summed E-state index contributed by atoms with van der Waals surface area (Å²) in [5, 5.41) is 8.82. The average Bonchev–Trinajstić information content (AvgIpc) is 3.04. The third-order valence-electron chi connectivity index (χ3n) is 5.07. The Labute approximate surface area is 158 Å². The molecule has 0 spiro atoms. The van der Waals surface area contributed by atoms with E-state index in [1.807, 2.05) is 36.9 Å². The summed E-state index contributed by atoms with van der Waals surface area (Å²) in [7, 11) is 0. The molecule has 2 aromatic rings. The van der Waals surface area contributed by atoms with E-state index in [9.17, 15) is 0 Å². The second-order valence-electron chi connectivity index (χ2n) is 6.70. The molecular formula is C23H18N4. The van der Waals surface area contributed by atoms with Crippen LogP contribution in [0.15, 0.2) is 88.9 Å². The minimum atomic E-state index is 0.855. The summed E-state index contributed by atoms with van der Waals surface area (Å²) in [5.74, 6) is 0. The molecule has 130 valence electrons. The summed E-state index contributed by atoms with van der Waals surface area (Å²) in [6, 6.07) is 17.1. The Morgan fingerprint density at radius 1 is 0.704 bits per heavy atom. The molecule has 0 saturated heterocycles. The summed E-state index contributed by atoms with van der Waals surface area (Å²) in [4.78, 5) is 0. The first kappa shape index (κ1) is 15.7. The van der Waals surface area contributed by atoms with Gasteiger partial charge < -0.3 is 5.43 Å². The highest BCUT2D eigenvalue weighted by Gasteiger charge is 2.34. The Morgan fingerprint density at radius 3 is 1.89 bits per heavy atom. The van der Waals surface area contributed by atoms with Crippen molar-refractivity contribution in [3.63, 3.8) is 0 Å². The van der Waals surface area contributed by atoms with Gasteiger partial charge in [0.1, 0.15) is 5.71 Å². The molecule has 0 radical (unpaired) electrons. The molecule has 4 heteroatoms. The predicted molar refractivity (Wildman–Crippen MR) is 111 cm³/mol. The quantitative estimate of drug-likeness (QED) is 0.506. The molecule has 2 aliphatic heterocycles. The zero-order valence-electron chi connectivity index (χ0n) is 15.2. The molecule has 0 saturated carbocycles. The van der Waals surface area contributed by atoms with Crippen molar-refractivity contribution in [2.45, 2.75) is 13.8 Å². The van der Waals surface area contributed by atoms with Crippen LogP contribution >= 0.6 is 0 Å². The number of allylic oxidation sites excluding steroid dienone is 3. The Hall–Kier alpha value is -3.53. The maximum atomic E-state index is 4.53. The summed E-state index contributed by atoms with van der Waals surface area (Å²) in [5.41, 5.74) is 14.5. The van der Waals surface area contributed by atoms with Crippen LogP contribution in [0.1, 0.15) is 25.0 Å². The van der Waals surface area contributed by atoms with E-state index in [-0.39, 0.29) is 0 Å². The first-order valence-electron chi connectivity index (χ1n) is 8.99. The zero-order valence-corrected chi connectivity index (χ0v) is 15.2. The van der Waals surface area contributed by atoms with Crippen molar-refractivity contribution in [2.75, 3.05) is 0 Å². The SMILES string of the molecule is CC1=NN=C(C)/C(=[N+]2/C=CC=C[N-]2)C1=C1c2ccccc2-c2ccccc21. The Bertz CT molecular complexity index is 1110. The van der Waals surface area contributed by atoms with E-state index in [1.54, 1.807) is 6.20 Å². The standard InChI is InChI=1S/C23H18N4/c1-15-21(23(16(2)26-25-15)27-14-8-7-13-24-27)22-19-11-5-3-9-17(19)18-10-4-6-12-20(18)22/h3-14H,1-2H3/b27-23+. The number of nitrogens with zero attached hydrogens (tertiary/aromatic N) is 4. The van der Waals surface area contributed by atoms with Crippen LogP contribution in [0.4, 0.5) is 0 Å². The van der Waals surface area contributed by atoms with E-state index in [2.05, 4.69) is 64.2 Å². The van der Waals surface area contributed by atoms with Gasteiger partial charge in [-0.3, -0.25) is 0 Å². The number of hydrogen-bond donors (Lipinski definition) is 0. The highest BCUT2D eigenvalue weighted by molar-refractivity contribution is 6.55. The zero-order chi connectivity index (χ0) is 18.4. The Balaban J connectivity index is 1.90. The van der Waals surface area contributed by atoms with Crippen LogP contribution in [0, 0.1) is 0 Å². The van der Waals surface area contributed by atoms with Crippen LogP contribution in [0.3, 0.4) is 0 Å². The first-order valence-corrected chi connectivity index (χ1v) is 8.99. The van der Waals surface area contributed by atoms with Crippen molar-refractivity contribution in [2.24, 2.45) is 10.2 Å². The van der Waals surface area contributed by atoms with Crippen molar-refractivity contribution in [3.05, 3.63) is 95.2 Å². The number of benzene rings is 2. The molecule has 0 N–H and O–H groups in total. The van der Waals surface area contributed by atoms with Crippen LogP contribution in [0.25, 0.3) is 22.1 Å². The van der Waals surface area contributed by atoms with Crippen molar-refractivity contribution in [1.29, 1.82) is 0 Å². The minimum Gasteiger partial charge on any atom is -0.412 e. The molecule has 0 unspecified atom stereocenters. The average molecular weight is 350 g/mol. The topological polar surface area (TPSA) is 41.8 Å². The molecule has 0 fully saturated rings. The molecule has 4 nitrogen and oxygen atoms in total. The molecule has 1 aliphatic carbocycles. The van der Waals surface area contributed by atoms with E-state index in [1.165, 1.54) is 27.8 Å².